The van der Waals surface area contributed by atoms with Gasteiger partial charge >= 0.3 is 0 Å². The molecule has 1 aliphatic heterocycles. The fourth-order valence-electron chi connectivity index (χ4n) is 2.44. The van der Waals surface area contributed by atoms with E-state index in [9.17, 15) is 0 Å². The van der Waals surface area contributed by atoms with Crippen LogP contribution in [0.5, 0.6) is 0 Å². The van der Waals surface area contributed by atoms with Crippen LogP contribution < -0.4 is 16.2 Å². The molecule has 17 heavy (non-hydrogen) atoms. The molecule has 2 rings (SSSR count). The summed E-state index contributed by atoms with van der Waals surface area (Å²) in [6.07, 6.45) is 2.54. The number of rotatable bonds is 2. The lowest BCUT2D eigenvalue weighted by atomic mass is 10.00. The summed E-state index contributed by atoms with van der Waals surface area (Å²) in [4.78, 5) is 11.2. The Bertz CT molecular complexity index is 404. The van der Waals surface area contributed by atoms with E-state index in [0.717, 1.165) is 42.0 Å². The van der Waals surface area contributed by atoms with Crippen LogP contribution in [0, 0.1) is 19.8 Å². The standard InChI is InChI=1S/C12H21N5/c1-8-5-4-6-17(7-8)12-9(2)11(16-13)14-10(3)15-12/h8H,4-7,13H2,1-3H3,(H,14,15,16). The highest BCUT2D eigenvalue weighted by molar-refractivity contribution is 5.58. The number of aryl methyl sites for hydroxylation is 1. The molecule has 1 aromatic heterocycles. The minimum atomic E-state index is 0.728. The maximum absolute atomic E-state index is 5.49. The number of hydrogen-bond acceptors (Lipinski definition) is 5. The molecule has 1 atom stereocenters. The summed E-state index contributed by atoms with van der Waals surface area (Å²) in [7, 11) is 0. The molecule has 1 aromatic rings. The van der Waals surface area contributed by atoms with Crippen molar-refractivity contribution < 1.29 is 0 Å². The van der Waals surface area contributed by atoms with E-state index in [2.05, 4.69) is 27.2 Å². The van der Waals surface area contributed by atoms with Gasteiger partial charge in [0.05, 0.1) is 0 Å². The van der Waals surface area contributed by atoms with Gasteiger partial charge in [0.15, 0.2) is 0 Å². The molecule has 0 saturated carbocycles. The highest BCUT2D eigenvalue weighted by Crippen LogP contribution is 2.27. The number of piperidine rings is 1. The summed E-state index contributed by atoms with van der Waals surface area (Å²) >= 11 is 0. The fourth-order valence-corrected chi connectivity index (χ4v) is 2.44. The van der Waals surface area contributed by atoms with Gasteiger partial charge in [-0.25, -0.2) is 15.8 Å². The van der Waals surface area contributed by atoms with Gasteiger partial charge in [-0.3, -0.25) is 0 Å². The van der Waals surface area contributed by atoms with E-state index in [-0.39, 0.29) is 0 Å². The van der Waals surface area contributed by atoms with Crippen molar-refractivity contribution in [1.29, 1.82) is 0 Å². The Morgan fingerprint density at radius 1 is 1.35 bits per heavy atom. The summed E-state index contributed by atoms with van der Waals surface area (Å²) in [5.41, 5.74) is 3.68. The molecule has 1 aliphatic rings. The van der Waals surface area contributed by atoms with Crippen molar-refractivity contribution in [2.75, 3.05) is 23.4 Å². The third kappa shape index (κ3) is 2.49. The fraction of sp³-hybridized carbons (Fsp3) is 0.667. The lowest BCUT2D eigenvalue weighted by Crippen LogP contribution is -2.35. The SMILES string of the molecule is Cc1nc(NN)c(C)c(N2CCCC(C)C2)n1. The predicted octanol–water partition coefficient (Wildman–Crippen LogP) is 1.62. The molecule has 0 radical (unpaired) electrons. The van der Waals surface area contributed by atoms with Crippen LogP contribution in [0.4, 0.5) is 11.6 Å². The monoisotopic (exact) mass is 235 g/mol. The summed E-state index contributed by atoms with van der Waals surface area (Å²) < 4.78 is 0. The van der Waals surface area contributed by atoms with Crippen molar-refractivity contribution in [2.24, 2.45) is 11.8 Å². The quantitative estimate of drug-likeness (QED) is 0.602. The van der Waals surface area contributed by atoms with E-state index < -0.39 is 0 Å². The molecule has 0 aromatic carbocycles. The molecular weight excluding hydrogens is 214 g/mol. The topological polar surface area (TPSA) is 67.1 Å². The second-order valence-corrected chi connectivity index (χ2v) is 4.91. The summed E-state index contributed by atoms with van der Waals surface area (Å²) in [6, 6.07) is 0. The van der Waals surface area contributed by atoms with Gasteiger partial charge in [-0.05, 0) is 32.6 Å². The zero-order valence-corrected chi connectivity index (χ0v) is 10.8. The predicted molar refractivity (Wildman–Crippen MR) is 69.9 cm³/mol. The molecule has 0 spiro atoms. The minimum absolute atomic E-state index is 0.728. The molecule has 3 N–H and O–H groups in total. The smallest absolute Gasteiger partial charge is 0.148 e. The molecule has 94 valence electrons. The van der Waals surface area contributed by atoms with Crippen molar-refractivity contribution >= 4 is 11.6 Å². The Balaban J connectivity index is 2.33. The van der Waals surface area contributed by atoms with Crippen LogP contribution in [0.25, 0.3) is 0 Å². The van der Waals surface area contributed by atoms with Crippen LogP contribution in [-0.4, -0.2) is 23.1 Å². The number of nitrogens with zero attached hydrogens (tertiary/aromatic N) is 3. The van der Waals surface area contributed by atoms with Crippen molar-refractivity contribution in [3.8, 4) is 0 Å². The highest BCUT2D eigenvalue weighted by atomic mass is 15.3. The van der Waals surface area contributed by atoms with Crippen LogP contribution in [-0.2, 0) is 0 Å². The first-order valence-corrected chi connectivity index (χ1v) is 6.18. The van der Waals surface area contributed by atoms with Gasteiger partial charge in [0.2, 0.25) is 0 Å². The van der Waals surface area contributed by atoms with Gasteiger partial charge in [-0.1, -0.05) is 6.92 Å². The normalized spacial score (nSPS) is 20.5. The zero-order valence-electron chi connectivity index (χ0n) is 10.8. The molecular formula is C12H21N5. The maximum Gasteiger partial charge on any atom is 0.148 e. The third-order valence-electron chi connectivity index (χ3n) is 3.33. The first kappa shape index (κ1) is 12.1. The van der Waals surface area contributed by atoms with Gasteiger partial charge in [0, 0.05) is 18.7 Å². The van der Waals surface area contributed by atoms with Gasteiger partial charge < -0.3 is 10.3 Å². The van der Waals surface area contributed by atoms with Gasteiger partial charge in [0.25, 0.3) is 0 Å². The summed E-state index contributed by atoms with van der Waals surface area (Å²) in [6.45, 7) is 8.35. The summed E-state index contributed by atoms with van der Waals surface area (Å²) in [5, 5.41) is 0. The van der Waals surface area contributed by atoms with E-state index in [1.54, 1.807) is 0 Å². The van der Waals surface area contributed by atoms with E-state index in [1.165, 1.54) is 12.8 Å². The first-order chi connectivity index (χ1) is 8.11. The number of nitrogens with one attached hydrogen (secondary N) is 1. The Morgan fingerprint density at radius 3 is 2.76 bits per heavy atom. The molecule has 0 bridgehead atoms. The van der Waals surface area contributed by atoms with E-state index in [0.29, 0.717) is 0 Å². The van der Waals surface area contributed by atoms with Crippen molar-refractivity contribution in [1.82, 2.24) is 9.97 Å². The van der Waals surface area contributed by atoms with Crippen LogP contribution in [0.2, 0.25) is 0 Å². The van der Waals surface area contributed by atoms with E-state index in [4.69, 9.17) is 5.84 Å². The zero-order chi connectivity index (χ0) is 12.4. The molecule has 0 aliphatic carbocycles. The van der Waals surface area contributed by atoms with E-state index in [1.807, 2.05) is 13.8 Å². The lowest BCUT2D eigenvalue weighted by Gasteiger charge is -2.33. The molecule has 2 heterocycles. The number of hydrazine groups is 1. The van der Waals surface area contributed by atoms with Crippen LogP contribution >= 0.6 is 0 Å². The van der Waals surface area contributed by atoms with Crippen molar-refractivity contribution in [3.05, 3.63) is 11.4 Å². The molecule has 5 heteroatoms. The Labute approximate surface area is 102 Å². The second kappa shape index (κ2) is 4.87. The lowest BCUT2D eigenvalue weighted by molar-refractivity contribution is 0.444. The molecule has 1 fully saturated rings. The summed E-state index contributed by atoms with van der Waals surface area (Å²) in [5.74, 6) is 8.73. The number of hydrogen-bond donors (Lipinski definition) is 2. The van der Waals surface area contributed by atoms with Crippen LogP contribution in [0.3, 0.4) is 0 Å². The van der Waals surface area contributed by atoms with Crippen molar-refractivity contribution in [2.45, 2.75) is 33.6 Å². The number of nitrogen functional groups attached to an aromatic ring is 1. The molecule has 1 saturated heterocycles. The van der Waals surface area contributed by atoms with Gasteiger partial charge in [0.1, 0.15) is 17.5 Å². The minimum Gasteiger partial charge on any atom is -0.356 e. The highest BCUT2D eigenvalue weighted by Gasteiger charge is 2.20. The number of aromatic nitrogens is 2. The number of nitrogens with two attached hydrogens (primary N) is 1. The molecule has 1 unspecified atom stereocenters. The molecule has 5 nitrogen and oxygen atoms in total. The second-order valence-electron chi connectivity index (χ2n) is 4.91. The van der Waals surface area contributed by atoms with Crippen LogP contribution in [0.1, 0.15) is 31.2 Å². The van der Waals surface area contributed by atoms with Gasteiger partial charge in [-0.2, -0.15) is 0 Å². The largest absolute Gasteiger partial charge is 0.356 e. The maximum atomic E-state index is 5.49. The third-order valence-corrected chi connectivity index (χ3v) is 3.33. The average Bonchev–Trinajstić information content (AvgIpc) is 2.31. The van der Waals surface area contributed by atoms with Crippen LogP contribution in [0.15, 0.2) is 0 Å². The Hall–Kier alpha value is -1.36. The number of anilines is 2. The van der Waals surface area contributed by atoms with Crippen molar-refractivity contribution in [3.63, 3.8) is 0 Å². The Kier molecular flexibility index (Phi) is 3.47. The first-order valence-electron chi connectivity index (χ1n) is 6.18. The van der Waals surface area contributed by atoms with E-state index >= 15 is 0 Å². The average molecular weight is 235 g/mol. The Morgan fingerprint density at radius 2 is 2.12 bits per heavy atom. The van der Waals surface area contributed by atoms with Gasteiger partial charge in [-0.15, -0.1) is 0 Å². The molecule has 0 amide bonds.